The Labute approximate surface area is 122 Å². The van der Waals surface area contributed by atoms with Crippen LogP contribution in [0, 0.1) is 11.3 Å². The van der Waals surface area contributed by atoms with Gasteiger partial charge in [0.15, 0.2) is 0 Å². The van der Waals surface area contributed by atoms with Gasteiger partial charge in [-0.15, -0.1) is 13.2 Å². The van der Waals surface area contributed by atoms with Gasteiger partial charge in [0.2, 0.25) is 0 Å². The lowest BCUT2D eigenvalue weighted by Gasteiger charge is -2.17. The average molecular weight is 323 g/mol. The van der Waals surface area contributed by atoms with Crippen molar-refractivity contribution in [1.82, 2.24) is 0 Å². The Bertz CT molecular complexity index is 593. The molecule has 0 N–H and O–H groups in total. The van der Waals surface area contributed by atoms with Crippen LogP contribution in [0.15, 0.2) is 12.1 Å². The van der Waals surface area contributed by atoms with Gasteiger partial charge in [0.25, 0.3) is 6.43 Å². The first-order valence-electron chi connectivity index (χ1n) is 5.95. The predicted octanol–water partition coefficient (Wildman–Crippen LogP) is 3.50. The van der Waals surface area contributed by atoms with Crippen molar-refractivity contribution in [2.75, 3.05) is 6.61 Å². The minimum atomic E-state index is -5.13. The molecule has 0 saturated carbocycles. The molecule has 0 radical (unpaired) electrons. The van der Waals surface area contributed by atoms with Gasteiger partial charge in [-0.3, -0.25) is 4.79 Å². The number of benzene rings is 1. The van der Waals surface area contributed by atoms with Gasteiger partial charge in [0, 0.05) is 11.1 Å². The van der Waals surface area contributed by atoms with Gasteiger partial charge in [-0.1, -0.05) is 0 Å². The maximum absolute atomic E-state index is 13.1. The van der Waals surface area contributed by atoms with Crippen LogP contribution < -0.4 is 4.74 Å². The summed E-state index contributed by atoms with van der Waals surface area (Å²) in [6, 6.07) is 2.93. The zero-order valence-electron chi connectivity index (χ0n) is 11.2. The van der Waals surface area contributed by atoms with Crippen LogP contribution in [0.4, 0.5) is 22.0 Å². The zero-order chi connectivity index (χ0) is 16.9. The summed E-state index contributed by atoms with van der Waals surface area (Å²) in [6.07, 6.45) is -9.25. The third-order valence-electron chi connectivity index (χ3n) is 2.50. The first kappa shape index (κ1) is 17.7. The molecule has 0 fully saturated rings. The second-order valence-corrected chi connectivity index (χ2v) is 3.95. The summed E-state index contributed by atoms with van der Waals surface area (Å²) in [5.41, 5.74) is -2.23. The van der Waals surface area contributed by atoms with E-state index in [1.807, 2.05) is 0 Å². The summed E-state index contributed by atoms with van der Waals surface area (Å²) in [7, 11) is 0. The molecular formula is C13H10F5NO3. The van der Waals surface area contributed by atoms with Gasteiger partial charge in [0.05, 0.1) is 24.7 Å². The second-order valence-electron chi connectivity index (χ2n) is 3.95. The van der Waals surface area contributed by atoms with Crippen molar-refractivity contribution < 1.29 is 36.2 Å². The summed E-state index contributed by atoms with van der Waals surface area (Å²) >= 11 is 0. The fourth-order valence-corrected chi connectivity index (χ4v) is 1.75. The summed E-state index contributed by atoms with van der Waals surface area (Å²) in [4.78, 5) is 11.4. The molecule has 1 aromatic rings. The van der Waals surface area contributed by atoms with Crippen LogP contribution in [0.2, 0.25) is 0 Å². The van der Waals surface area contributed by atoms with Crippen LogP contribution >= 0.6 is 0 Å². The lowest BCUT2D eigenvalue weighted by molar-refractivity contribution is -0.275. The molecule has 0 atom stereocenters. The first-order chi connectivity index (χ1) is 10.2. The largest absolute Gasteiger partial charge is 0.573 e. The first-order valence-corrected chi connectivity index (χ1v) is 5.95. The van der Waals surface area contributed by atoms with E-state index in [1.165, 1.54) is 13.0 Å². The van der Waals surface area contributed by atoms with Crippen molar-refractivity contribution in [1.29, 1.82) is 5.26 Å². The van der Waals surface area contributed by atoms with E-state index in [0.29, 0.717) is 6.07 Å². The summed E-state index contributed by atoms with van der Waals surface area (Å²) < 4.78 is 71.3. The Hall–Kier alpha value is -2.37. The number of nitriles is 1. The number of carbonyl (C=O) groups excluding carboxylic acids is 1. The van der Waals surface area contributed by atoms with E-state index in [-0.39, 0.29) is 6.61 Å². The van der Waals surface area contributed by atoms with E-state index in [4.69, 9.17) is 5.26 Å². The van der Waals surface area contributed by atoms with E-state index in [9.17, 15) is 26.7 Å². The number of rotatable bonds is 5. The molecule has 9 heteroatoms. The molecule has 0 aliphatic heterocycles. The molecule has 0 amide bonds. The Balaban J connectivity index is 3.41. The molecule has 22 heavy (non-hydrogen) atoms. The number of esters is 1. The Morgan fingerprint density at radius 3 is 2.45 bits per heavy atom. The molecule has 0 unspecified atom stereocenters. The monoisotopic (exact) mass is 323 g/mol. The standard InChI is InChI=1S/C13H10F5NO3/c1-2-21-10(20)5-8-9(22-13(16,17)18)4-3-7(6-19)11(8)12(14)15/h3-4,12H,2,5H2,1H3. The van der Waals surface area contributed by atoms with Crippen molar-refractivity contribution in [3.05, 3.63) is 28.8 Å². The highest BCUT2D eigenvalue weighted by Crippen LogP contribution is 2.36. The van der Waals surface area contributed by atoms with Crippen molar-refractivity contribution >= 4 is 5.97 Å². The van der Waals surface area contributed by atoms with Crippen molar-refractivity contribution in [2.45, 2.75) is 26.1 Å². The minimum absolute atomic E-state index is 0.0732. The number of nitrogens with zero attached hydrogens (tertiary/aromatic N) is 1. The number of halogens is 5. The molecule has 4 nitrogen and oxygen atoms in total. The Morgan fingerprint density at radius 2 is 2.00 bits per heavy atom. The normalized spacial score (nSPS) is 11.2. The molecule has 1 aromatic carbocycles. The van der Waals surface area contributed by atoms with Gasteiger partial charge in [-0.25, -0.2) is 8.78 Å². The fraction of sp³-hybridized carbons (Fsp3) is 0.385. The van der Waals surface area contributed by atoms with E-state index in [1.54, 1.807) is 0 Å². The molecule has 0 saturated heterocycles. The summed E-state index contributed by atoms with van der Waals surface area (Å²) in [6.45, 7) is 1.38. The zero-order valence-corrected chi connectivity index (χ0v) is 11.2. The molecule has 1 rings (SSSR count). The molecule has 0 bridgehead atoms. The van der Waals surface area contributed by atoms with Gasteiger partial charge in [0.1, 0.15) is 5.75 Å². The van der Waals surface area contributed by atoms with Crippen LogP contribution in [0.25, 0.3) is 0 Å². The van der Waals surface area contributed by atoms with Crippen LogP contribution in [-0.2, 0) is 16.0 Å². The molecule has 0 heterocycles. The maximum atomic E-state index is 13.1. The fourth-order valence-electron chi connectivity index (χ4n) is 1.75. The van der Waals surface area contributed by atoms with Gasteiger partial charge in [-0.05, 0) is 19.1 Å². The predicted molar refractivity (Wildman–Crippen MR) is 63.1 cm³/mol. The van der Waals surface area contributed by atoms with Crippen LogP contribution in [0.1, 0.15) is 30.0 Å². The third-order valence-corrected chi connectivity index (χ3v) is 2.50. The highest BCUT2D eigenvalue weighted by Gasteiger charge is 2.34. The van der Waals surface area contributed by atoms with Gasteiger partial charge in [-0.2, -0.15) is 5.26 Å². The van der Waals surface area contributed by atoms with Crippen molar-refractivity contribution in [2.24, 2.45) is 0 Å². The smallest absolute Gasteiger partial charge is 0.466 e. The molecule has 0 spiro atoms. The summed E-state index contributed by atoms with van der Waals surface area (Å²) in [5, 5.41) is 8.79. The van der Waals surface area contributed by atoms with Gasteiger partial charge >= 0.3 is 12.3 Å². The number of carbonyl (C=O) groups is 1. The molecular weight excluding hydrogens is 313 g/mol. The molecule has 0 aromatic heterocycles. The van der Waals surface area contributed by atoms with Gasteiger partial charge < -0.3 is 9.47 Å². The number of hydrogen-bond acceptors (Lipinski definition) is 4. The van der Waals surface area contributed by atoms with Crippen molar-refractivity contribution in [3.8, 4) is 11.8 Å². The number of hydrogen-bond donors (Lipinski definition) is 0. The molecule has 0 aliphatic rings. The topological polar surface area (TPSA) is 59.3 Å². The highest BCUT2D eigenvalue weighted by atomic mass is 19.4. The van der Waals surface area contributed by atoms with E-state index < -0.39 is 47.6 Å². The van der Waals surface area contributed by atoms with E-state index in [2.05, 4.69) is 9.47 Å². The second kappa shape index (κ2) is 7.06. The quantitative estimate of drug-likeness (QED) is 0.615. The average Bonchev–Trinajstić information content (AvgIpc) is 2.38. The molecule has 120 valence electrons. The van der Waals surface area contributed by atoms with Crippen molar-refractivity contribution in [3.63, 3.8) is 0 Å². The van der Waals surface area contributed by atoms with Crippen LogP contribution in [-0.4, -0.2) is 18.9 Å². The van der Waals surface area contributed by atoms with E-state index in [0.717, 1.165) is 6.07 Å². The van der Waals surface area contributed by atoms with E-state index >= 15 is 0 Å². The third kappa shape index (κ3) is 4.58. The summed E-state index contributed by atoms with van der Waals surface area (Å²) in [5.74, 6) is -1.97. The Morgan fingerprint density at radius 1 is 1.36 bits per heavy atom. The maximum Gasteiger partial charge on any atom is 0.573 e. The van der Waals surface area contributed by atoms with Crippen LogP contribution in [0.5, 0.6) is 5.75 Å². The Kier molecular flexibility index (Phi) is 5.68. The molecule has 0 aliphatic carbocycles. The number of alkyl halides is 5. The minimum Gasteiger partial charge on any atom is -0.466 e. The highest BCUT2D eigenvalue weighted by molar-refractivity contribution is 5.75. The lowest BCUT2D eigenvalue weighted by atomic mass is 9.98. The van der Waals surface area contributed by atoms with Crippen LogP contribution in [0.3, 0.4) is 0 Å². The number of ether oxygens (including phenoxy) is 2. The lowest BCUT2D eigenvalue weighted by Crippen LogP contribution is -2.20. The SMILES string of the molecule is CCOC(=O)Cc1c(OC(F)(F)F)ccc(C#N)c1C(F)F.